The molecule has 0 spiro atoms. The number of hydrogen-bond acceptors (Lipinski definition) is 2. The zero-order chi connectivity index (χ0) is 9.03. The van der Waals surface area contributed by atoms with E-state index in [0.29, 0.717) is 13.2 Å². The first-order chi connectivity index (χ1) is 5.62. The Balaban J connectivity index is 2.17. The lowest BCUT2D eigenvalue weighted by Gasteiger charge is -2.22. The minimum Gasteiger partial charge on any atom is -0.374 e. The van der Waals surface area contributed by atoms with Crippen molar-refractivity contribution in [1.82, 2.24) is 0 Å². The molecule has 0 atom stereocenters. The molecule has 0 saturated heterocycles. The molecule has 0 radical (unpaired) electrons. The van der Waals surface area contributed by atoms with E-state index >= 15 is 0 Å². The van der Waals surface area contributed by atoms with Crippen LogP contribution < -0.4 is 5.73 Å². The van der Waals surface area contributed by atoms with Gasteiger partial charge in [0.25, 0.3) is 0 Å². The number of hydrogen-bond donors (Lipinski definition) is 1. The maximum Gasteiger partial charge on any atom is 0.0776 e. The van der Waals surface area contributed by atoms with Crippen LogP contribution in [-0.2, 0) is 4.74 Å². The molecule has 0 aromatic carbocycles. The highest BCUT2D eigenvalue weighted by Gasteiger charge is 2.29. The second kappa shape index (κ2) is 4.40. The molecule has 0 bridgehead atoms. The van der Waals surface area contributed by atoms with Gasteiger partial charge in [0, 0.05) is 10.0 Å². The Morgan fingerprint density at radius 2 is 2.08 bits per heavy atom. The molecule has 2 N–H and O–H groups in total. The van der Waals surface area contributed by atoms with Gasteiger partial charge in [-0.15, -0.1) is 0 Å². The predicted octanol–water partition coefficient (Wildman–Crippen LogP) is 2.18. The van der Waals surface area contributed by atoms with E-state index in [1.807, 2.05) is 0 Å². The van der Waals surface area contributed by atoms with E-state index in [4.69, 9.17) is 10.5 Å². The molecule has 1 aliphatic carbocycles. The fourth-order valence-corrected chi connectivity index (χ4v) is 1.75. The molecule has 12 heavy (non-hydrogen) atoms. The van der Waals surface area contributed by atoms with Crippen LogP contribution in [0.2, 0.25) is 0 Å². The Morgan fingerprint density at radius 1 is 1.50 bits per heavy atom. The third-order valence-corrected chi connectivity index (χ3v) is 2.48. The maximum atomic E-state index is 6.08. The summed E-state index contributed by atoms with van der Waals surface area (Å²) >= 11 is 3.24. The van der Waals surface area contributed by atoms with Crippen molar-refractivity contribution in [2.45, 2.75) is 31.2 Å². The van der Waals surface area contributed by atoms with Gasteiger partial charge in [0.2, 0.25) is 0 Å². The van der Waals surface area contributed by atoms with E-state index < -0.39 is 0 Å². The first-order valence-electron chi connectivity index (χ1n) is 4.32. The second-order valence-electron chi connectivity index (χ2n) is 3.58. The molecule has 0 aliphatic heterocycles. The van der Waals surface area contributed by atoms with Crippen LogP contribution in [0.3, 0.4) is 0 Å². The molecule has 3 heteroatoms. The monoisotopic (exact) mass is 233 g/mol. The van der Waals surface area contributed by atoms with E-state index in [-0.39, 0.29) is 5.54 Å². The predicted molar refractivity (Wildman–Crippen MR) is 54.3 cm³/mol. The standard InChI is InChI=1S/C9H16BrNO/c1-8(10)6-12-7-9(11)4-2-3-5-9/h1-7,11H2. The lowest BCUT2D eigenvalue weighted by atomic mass is 10.0. The van der Waals surface area contributed by atoms with E-state index in [2.05, 4.69) is 22.5 Å². The summed E-state index contributed by atoms with van der Waals surface area (Å²) in [5, 5.41) is 0. The fraction of sp³-hybridized carbons (Fsp3) is 0.778. The van der Waals surface area contributed by atoms with Gasteiger partial charge in [0.1, 0.15) is 0 Å². The van der Waals surface area contributed by atoms with E-state index in [1.165, 1.54) is 12.8 Å². The average Bonchev–Trinajstić information content (AvgIpc) is 2.35. The van der Waals surface area contributed by atoms with Gasteiger partial charge in [-0.3, -0.25) is 0 Å². The smallest absolute Gasteiger partial charge is 0.0776 e. The van der Waals surface area contributed by atoms with Crippen molar-refractivity contribution in [2.24, 2.45) is 5.73 Å². The Hall–Kier alpha value is 0.140. The van der Waals surface area contributed by atoms with E-state index in [0.717, 1.165) is 17.3 Å². The summed E-state index contributed by atoms with van der Waals surface area (Å²) in [6.45, 7) is 4.93. The Kier molecular flexibility index (Phi) is 3.75. The van der Waals surface area contributed by atoms with Crippen molar-refractivity contribution in [3.05, 3.63) is 11.1 Å². The molecule has 0 aromatic heterocycles. The second-order valence-corrected chi connectivity index (χ2v) is 4.70. The van der Waals surface area contributed by atoms with Gasteiger partial charge in [-0.05, 0) is 12.8 Å². The highest BCUT2D eigenvalue weighted by molar-refractivity contribution is 9.11. The SMILES string of the molecule is C=C(Br)COCC1(N)CCCC1. The Morgan fingerprint density at radius 3 is 2.58 bits per heavy atom. The molecule has 1 rings (SSSR count). The summed E-state index contributed by atoms with van der Waals surface area (Å²) in [7, 11) is 0. The van der Waals surface area contributed by atoms with Crippen LogP contribution in [0.4, 0.5) is 0 Å². The van der Waals surface area contributed by atoms with E-state index in [9.17, 15) is 0 Å². The van der Waals surface area contributed by atoms with E-state index in [1.54, 1.807) is 0 Å². The van der Waals surface area contributed by atoms with Crippen LogP contribution in [-0.4, -0.2) is 18.8 Å². The van der Waals surface area contributed by atoms with Crippen molar-refractivity contribution in [3.8, 4) is 0 Å². The third-order valence-electron chi connectivity index (χ3n) is 2.25. The first kappa shape index (κ1) is 10.2. The quantitative estimate of drug-likeness (QED) is 0.809. The van der Waals surface area contributed by atoms with Crippen LogP contribution in [0.1, 0.15) is 25.7 Å². The Bertz CT molecular complexity index is 164. The lowest BCUT2D eigenvalue weighted by molar-refractivity contribution is 0.107. The highest BCUT2D eigenvalue weighted by atomic mass is 79.9. The third kappa shape index (κ3) is 3.25. The maximum absolute atomic E-state index is 6.08. The number of ether oxygens (including phenoxy) is 1. The minimum absolute atomic E-state index is 0.0531. The molecule has 0 amide bonds. The van der Waals surface area contributed by atoms with Crippen LogP contribution in [0, 0.1) is 0 Å². The number of halogens is 1. The van der Waals surface area contributed by atoms with Crippen LogP contribution in [0.5, 0.6) is 0 Å². The summed E-state index contributed by atoms with van der Waals surface area (Å²) in [5.74, 6) is 0. The normalized spacial score (nSPS) is 21.2. The van der Waals surface area contributed by atoms with Crippen molar-refractivity contribution in [2.75, 3.05) is 13.2 Å². The Labute approximate surface area is 82.3 Å². The van der Waals surface area contributed by atoms with Crippen molar-refractivity contribution in [3.63, 3.8) is 0 Å². The number of rotatable bonds is 4. The zero-order valence-electron chi connectivity index (χ0n) is 7.31. The molecule has 0 unspecified atom stereocenters. The molecular formula is C9H16BrNO. The molecule has 0 heterocycles. The van der Waals surface area contributed by atoms with Crippen molar-refractivity contribution >= 4 is 15.9 Å². The molecule has 0 aromatic rings. The lowest BCUT2D eigenvalue weighted by Crippen LogP contribution is -2.41. The van der Waals surface area contributed by atoms with Gasteiger partial charge in [0.05, 0.1) is 13.2 Å². The largest absolute Gasteiger partial charge is 0.374 e. The summed E-state index contributed by atoms with van der Waals surface area (Å²) in [4.78, 5) is 0. The van der Waals surface area contributed by atoms with Crippen LogP contribution in [0.15, 0.2) is 11.1 Å². The summed E-state index contributed by atoms with van der Waals surface area (Å²) < 4.78 is 6.29. The molecule has 1 saturated carbocycles. The zero-order valence-corrected chi connectivity index (χ0v) is 8.90. The fourth-order valence-electron chi connectivity index (χ4n) is 1.59. The van der Waals surface area contributed by atoms with Crippen molar-refractivity contribution in [1.29, 1.82) is 0 Å². The van der Waals surface area contributed by atoms with Gasteiger partial charge in [-0.25, -0.2) is 0 Å². The van der Waals surface area contributed by atoms with Gasteiger partial charge < -0.3 is 10.5 Å². The molecule has 2 nitrogen and oxygen atoms in total. The summed E-state index contributed by atoms with van der Waals surface area (Å²) in [6.07, 6.45) is 4.69. The minimum atomic E-state index is -0.0531. The van der Waals surface area contributed by atoms with Crippen LogP contribution >= 0.6 is 15.9 Å². The molecule has 1 aliphatic rings. The van der Waals surface area contributed by atoms with Gasteiger partial charge in [0.15, 0.2) is 0 Å². The molecular weight excluding hydrogens is 218 g/mol. The van der Waals surface area contributed by atoms with Crippen molar-refractivity contribution < 1.29 is 4.74 Å². The summed E-state index contributed by atoms with van der Waals surface area (Å²) in [5.41, 5.74) is 6.02. The van der Waals surface area contributed by atoms with Crippen LogP contribution in [0.25, 0.3) is 0 Å². The first-order valence-corrected chi connectivity index (χ1v) is 5.12. The molecule has 1 fully saturated rings. The highest BCUT2D eigenvalue weighted by Crippen LogP contribution is 2.27. The summed E-state index contributed by atoms with van der Waals surface area (Å²) in [6, 6.07) is 0. The van der Waals surface area contributed by atoms with Gasteiger partial charge >= 0.3 is 0 Å². The van der Waals surface area contributed by atoms with Gasteiger partial charge in [-0.1, -0.05) is 35.4 Å². The van der Waals surface area contributed by atoms with Gasteiger partial charge in [-0.2, -0.15) is 0 Å². The number of nitrogens with two attached hydrogens (primary N) is 1. The molecule has 70 valence electrons. The topological polar surface area (TPSA) is 35.2 Å². The average molecular weight is 234 g/mol.